The normalized spacial score (nSPS) is 17.9. The molecule has 7 nitrogen and oxygen atoms in total. The predicted molar refractivity (Wildman–Crippen MR) is 127 cm³/mol. The highest BCUT2D eigenvalue weighted by Crippen LogP contribution is 2.40. The number of fused-ring (bicyclic) bond motifs is 1. The van der Waals surface area contributed by atoms with Crippen LogP contribution in [0.25, 0.3) is 0 Å². The average Bonchev–Trinajstić information content (AvgIpc) is 3.67. The van der Waals surface area contributed by atoms with Crippen molar-refractivity contribution in [3.63, 3.8) is 0 Å². The first-order chi connectivity index (χ1) is 16.3. The SMILES string of the molecule is O=C1c2nc(N3CCOCC3)nc(N(Cc3ccccc3)c3ccccc3)c2CN1C1CC1. The van der Waals surface area contributed by atoms with Gasteiger partial charge in [-0.2, -0.15) is 4.98 Å². The van der Waals surface area contributed by atoms with Gasteiger partial charge in [0, 0.05) is 36.9 Å². The Balaban J connectivity index is 1.48. The molecule has 0 unspecified atom stereocenters. The van der Waals surface area contributed by atoms with Crippen LogP contribution in [0, 0.1) is 0 Å². The quantitative estimate of drug-likeness (QED) is 0.580. The maximum atomic E-state index is 13.4. The number of carbonyl (C=O) groups excluding carboxylic acids is 1. The van der Waals surface area contributed by atoms with Gasteiger partial charge in [-0.15, -0.1) is 0 Å². The molecule has 6 rings (SSSR count). The van der Waals surface area contributed by atoms with Crippen LogP contribution < -0.4 is 9.80 Å². The smallest absolute Gasteiger partial charge is 0.273 e. The Bertz CT molecular complexity index is 1140. The second-order valence-electron chi connectivity index (χ2n) is 8.85. The van der Waals surface area contributed by atoms with Gasteiger partial charge in [-0.1, -0.05) is 48.5 Å². The van der Waals surface area contributed by atoms with Crippen molar-refractivity contribution in [1.82, 2.24) is 14.9 Å². The standard InChI is InChI=1S/C26H27N5O2/c32-25-23-22(18-31(25)21-11-12-21)24(28-26(27-23)29-13-15-33-16-14-29)30(20-9-5-2-6-10-20)17-19-7-3-1-4-8-19/h1-10,21H,11-18H2. The van der Waals surface area contributed by atoms with Crippen LogP contribution in [0.2, 0.25) is 0 Å². The topological polar surface area (TPSA) is 61.8 Å². The van der Waals surface area contributed by atoms with E-state index in [0.29, 0.717) is 44.0 Å². The first kappa shape index (κ1) is 20.2. The van der Waals surface area contributed by atoms with E-state index in [-0.39, 0.29) is 5.91 Å². The van der Waals surface area contributed by atoms with Crippen molar-refractivity contribution in [1.29, 1.82) is 0 Å². The Morgan fingerprint density at radius 1 is 0.939 bits per heavy atom. The Morgan fingerprint density at radius 2 is 1.64 bits per heavy atom. The van der Waals surface area contributed by atoms with Crippen LogP contribution in [0.4, 0.5) is 17.5 Å². The summed E-state index contributed by atoms with van der Waals surface area (Å²) in [5, 5.41) is 0. The number of carbonyl (C=O) groups is 1. The summed E-state index contributed by atoms with van der Waals surface area (Å²) in [6, 6.07) is 21.0. The number of para-hydroxylation sites is 1. The van der Waals surface area contributed by atoms with Crippen LogP contribution in [0.1, 0.15) is 34.5 Å². The van der Waals surface area contributed by atoms with Gasteiger partial charge in [-0.3, -0.25) is 4.79 Å². The second-order valence-corrected chi connectivity index (χ2v) is 8.85. The minimum Gasteiger partial charge on any atom is -0.378 e. The molecule has 7 heteroatoms. The summed E-state index contributed by atoms with van der Waals surface area (Å²) in [6.07, 6.45) is 2.15. The Kier molecular flexibility index (Phi) is 5.19. The van der Waals surface area contributed by atoms with Crippen molar-refractivity contribution in [2.24, 2.45) is 0 Å². The molecule has 0 N–H and O–H groups in total. The zero-order valence-electron chi connectivity index (χ0n) is 18.6. The summed E-state index contributed by atoms with van der Waals surface area (Å²) in [5.74, 6) is 1.48. The van der Waals surface area contributed by atoms with Gasteiger partial charge in [0.15, 0.2) is 0 Å². The molecule has 2 aromatic carbocycles. The first-order valence-electron chi connectivity index (χ1n) is 11.7. The highest BCUT2D eigenvalue weighted by Gasteiger charge is 2.42. The third kappa shape index (κ3) is 3.93. The van der Waals surface area contributed by atoms with Crippen LogP contribution in [-0.4, -0.2) is 53.1 Å². The fraction of sp³-hybridized carbons (Fsp3) is 0.346. The number of hydrogen-bond donors (Lipinski definition) is 0. The molecule has 0 bridgehead atoms. The number of benzene rings is 2. The minimum absolute atomic E-state index is 0.0402. The third-order valence-electron chi connectivity index (χ3n) is 6.55. The summed E-state index contributed by atoms with van der Waals surface area (Å²) >= 11 is 0. The Labute approximate surface area is 193 Å². The van der Waals surface area contributed by atoms with E-state index in [1.54, 1.807) is 0 Å². The number of nitrogens with zero attached hydrogens (tertiary/aromatic N) is 5. The lowest BCUT2D eigenvalue weighted by Gasteiger charge is -2.30. The van der Waals surface area contributed by atoms with Gasteiger partial charge in [0.05, 0.1) is 19.8 Å². The molecule has 3 aromatic rings. The number of aromatic nitrogens is 2. The second kappa shape index (κ2) is 8.48. The van der Waals surface area contributed by atoms with E-state index in [4.69, 9.17) is 14.7 Å². The van der Waals surface area contributed by atoms with Gasteiger partial charge in [0.2, 0.25) is 5.95 Å². The molecule has 1 saturated carbocycles. The number of amides is 1. The van der Waals surface area contributed by atoms with Crippen molar-refractivity contribution >= 4 is 23.4 Å². The Morgan fingerprint density at radius 3 is 2.33 bits per heavy atom. The molecule has 2 fully saturated rings. The van der Waals surface area contributed by atoms with Gasteiger partial charge in [0.1, 0.15) is 11.5 Å². The van der Waals surface area contributed by atoms with Crippen molar-refractivity contribution < 1.29 is 9.53 Å². The van der Waals surface area contributed by atoms with E-state index >= 15 is 0 Å². The van der Waals surface area contributed by atoms with Crippen LogP contribution in [-0.2, 0) is 17.8 Å². The van der Waals surface area contributed by atoms with Gasteiger partial charge in [-0.25, -0.2) is 4.98 Å². The van der Waals surface area contributed by atoms with Crippen LogP contribution >= 0.6 is 0 Å². The van der Waals surface area contributed by atoms with Gasteiger partial charge < -0.3 is 19.4 Å². The zero-order valence-corrected chi connectivity index (χ0v) is 18.6. The highest BCUT2D eigenvalue weighted by molar-refractivity contribution is 5.99. The Hall–Kier alpha value is -3.45. The maximum Gasteiger partial charge on any atom is 0.273 e. The molecule has 1 aromatic heterocycles. The van der Waals surface area contributed by atoms with Crippen LogP contribution in [0.15, 0.2) is 60.7 Å². The van der Waals surface area contributed by atoms with Crippen molar-refractivity contribution in [2.45, 2.75) is 32.0 Å². The number of ether oxygens (including phenoxy) is 1. The van der Waals surface area contributed by atoms with E-state index in [0.717, 1.165) is 43.0 Å². The lowest BCUT2D eigenvalue weighted by Crippen LogP contribution is -2.38. The molecule has 0 spiro atoms. The molecule has 3 heterocycles. The van der Waals surface area contributed by atoms with Gasteiger partial charge in [-0.05, 0) is 30.5 Å². The summed E-state index contributed by atoms with van der Waals surface area (Å²) in [7, 11) is 0. The number of anilines is 3. The molecule has 3 aliphatic rings. The molecule has 1 amide bonds. The number of morpholine rings is 1. The van der Waals surface area contributed by atoms with E-state index in [1.165, 1.54) is 5.56 Å². The molecular weight excluding hydrogens is 414 g/mol. The zero-order chi connectivity index (χ0) is 22.2. The molecule has 1 saturated heterocycles. The average molecular weight is 442 g/mol. The predicted octanol–water partition coefficient (Wildman–Crippen LogP) is 3.77. The van der Waals surface area contributed by atoms with Gasteiger partial charge >= 0.3 is 0 Å². The number of rotatable bonds is 6. The summed E-state index contributed by atoms with van der Waals surface area (Å²) in [4.78, 5) is 29.6. The third-order valence-corrected chi connectivity index (χ3v) is 6.55. The lowest BCUT2D eigenvalue weighted by atomic mass is 10.1. The summed E-state index contributed by atoms with van der Waals surface area (Å²) in [5.41, 5.74) is 3.73. The van der Waals surface area contributed by atoms with Gasteiger partial charge in [0.25, 0.3) is 5.91 Å². The van der Waals surface area contributed by atoms with Crippen molar-refractivity contribution in [3.05, 3.63) is 77.5 Å². The fourth-order valence-electron chi connectivity index (χ4n) is 4.63. The maximum absolute atomic E-state index is 13.4. The first-order valence-corrected chi connectivity index (χ1v) is 11.7. The lowest BCUT2D eigenvalue weighted by molar-refractivity contribution is 0.0762. The highest BCUT2D eigenvalue weighted by atomic mass is 16.5. The molecule has 33 heavy (non-hydrogen) atoms. The largest absolute Gasteiger partial charge is 0.378 e. The van der Waals surface area contributed by atoms with Crippen molar-refractivity contribution in [3.8, 4) is 0 Å². The van der Waals surface area contributed by atoms with Crippen LogP contribution in [0.3, 0.4) is 0 Å². The van der Waals surface area contributed by atoms with E-state index in [2.05, 4.69) is 46.2 Å². The molecular formula is C26H27N5O2. The molecule has 0 atom stereocenters. The van der Waals surface area contributed by atoms with E-state index in [9.17, 15) is 4.79 Å². The minimum atomic E-state index is 0.0402. The monoisotopic (exact) mass is 441 g/mol. The van der Waals surface area contributed by atoms with E-state index in [1.807, 2.05) is 29.2 Å². The fourth-order valence-corrected chi connectivity index (χ4v) is 4.63. The molecule has 0 radical (unpaired) electrons. The molecule has 2 aliphatic heterocycles. The molecule has 1 aliphatic carbocycles. The van der Waals surface area contributed by atoms with Crippen molar-refractivity contribution in [2.75, 3.05) is 36.1 Å². The number of hydrogen-bond acceptors (Lipinski definition) is 6. The van der Waals surface area contributed by atoms with E-state index < -0.39 is 0 Å². The summed E-state index contributed by atoms with van der Waals surface area (Å²) in [6.45, 7) is 3.98. The summed E-state index contributed by atoms with van der Waals surface area (Å²) < 4.78 is 5.53. The molecule has 168 valence electrons. The van der Waals surface area contributed by atoms with Crippen LogP contribution in [0.5, 0.6) is 0 Å².